The van der Waals surface area contributed by atoms with Gasteiger partial charge in [0.25, 0.3) is 0 Å². The zero-order valence-electron chi connectivity index (χ0n) is 12.5. The molecule has 3 atom stereocenters. The van der Waals surface area contributed by atoms with Gasteiger partial charge >= 0.3 is 5.97 Å². The molecule has 2 amide bonds. The van der Waals surface area contributed by atoms with Gasteiger partial charge < -0.3 is 4.74 Å². The largest absolute Gasteiger partial charge is 0.465 e. The molecule has 0 N–H and O–H groups in total. The lowest BCUT2D eigenvalue weighted by atomic mass is 9.78. The molecular weight excluding hydrogens is 282 g/mol. The molecule has 5 nitrogen and oxygen atoms in total. The van der Waals surface area contributed by atoms with Gasteiger partial charge in [0.2, 0.25) is 11.8 Å². The van der Waals surface area contributed by atoms with E-state index in [0.717, 1.165) is 0 Å². The summed E-state index contributed by atoms with van der Waals surface area (Å²) in [7, 11) is 1.31. The van der Waals surface area contributed by atoms with Crippen molar-refractivity contribution in [3.05, 3.63) is 42.0 Å². The Labute approximate surface area is 128 Å². The summed E-state index contributed by atoms with van der Waals surface area (Å²) in [5.74, 6) is -1.24. The number of benzene rings is 1. The minimum Gasteiger partial charge on any atom is -0.465 e. The molecule has 1 saturated heterocycles. The van der Waals surface area contributed by atoms with E-state index in [0.29, 0.717) is 17.7 Å². The molecule has 0 bridgehead atoms. The second-order valence-corrected chi connectivity index (χ2v) is 5.71. The van der Waals surface area contributed by atoms with Crippen molar-refractivity contribution < 1.29 is 19.1 Å². The highest BCUT2D eigenvalue weighted by Gasteiger charge is 2.50. The van der Waals surface area contributed by atoms with Gasteiger partial charge in [-0.25, -0.2) is 4.79 Å². The molecule has 3 rings (SSSR count). The van der Waals surface area contributed by atoms with Crippen LogP contribution >= 0.6 is 0 Å². The minimum absolute atomic E-state index is 0.0644. The fraction of sp³-hybridized carbons (Fsp3) is 0.353. The predicted octanol–water partition coefficient (Wildman–Crippen LogP) is 2.17. The average molecular weight is 299 g/mol. The minimum atomic E-state index is -0.447. The molecule has 1 fully saturated rings. The van der Waals surface area contributed by atoms with Crippen LogP contribution in [0.4, 0.5) is 5.69 Å². The van der Waals surface area contributed by atoms with Crippen LogP contribution in [0.15, 0.2) is 36.4 Å². The topological polar surface area (TPSA) is 63.7 Å². The average Bonchev–Trinajstić information content (AvgIpc) is 2.79. The molecule has 1 aliphatic carbocycles. The van der Waals surface area contributed by atoms with Crippen molar-refractivity contribution in [2.24, 2.45) is 17.8 Å². The van der Waals surface area contributed by atoms with Crippen molar-refractivity contribution >= 4 is 23.5 Å². The van der Waals surface area contributed by atoms with Crippen LogP contribution in [0.2, 0.25) is 0 Å². The first-order chi connectivity index (χ1) is 10.5. The van der Waals surface area contributed by atoms with Crippen molar-refractivity contribution in [1.29, 1.82) is 0 Å². The lowest BCUT2D eigenvalue weighted by Gasteiger charge is -2.22. The lowest BCUT2D eigenvalue weighted by Crippen LogP contribution is -2.31. The van der Waals surface area contributed by atoms with Crippen LogP contribution in [0.3, 0.4) is 0 Å². The third kappa shape index (κ3) is 2.13. The van der Waals surface area contributed by atoms with Crippen molar-refractivity contribution in [1.82, 2.24) is 0 Å². The first kappa shape index (κ1) is 14.5. The molecule has 0 radical (unpaired) electrons. The summed E-state index contributed by atoms with van der Waals surface area (Å²) in [4.78, 5) is 37.9. The van der Waals surface area contributed by atoms with E-state index in [1.807, 2.05) is 19.1 Å². The van der Waals surface area contributed by atoms with Gasteiger partial charge in [0.05, 0.1) is 30.2 Å². The number of nitrogens with zero attached hydrogens (tertiary/aromatic N) is 1. The van der Waals surface area contributed by atoms with Crippen LogP contribution in [-0.2, 0) is 14.3 Å². The molecule has 0 aromatic heterocycles. The summed E-state index contributed by atoms with van der Waals surface area (Å²) in [5.41, 5.74) is 0.891. The SMILES string of the molecule is COC(=O)c1ccc(N2C(=O)[C@H]3[C@@H](C)C=CC[C@H]3C2=O)cc1. The molecule has 22 heavy (non-hydrogen) atoms. The molecular formula is C17H17NO4. The second kappa shape index (κ2) is 5.40. The molecule has 114 valence electrons. The lowest BCUT2D eigenvalue weighted by molar-refractivity contribution is -0.122. The molecule has 1 aliphatic heterocycles. The number of fused-ring (bicyclic) bond motifs is 1. The van der Waals surface area contributed by atoms with Crippen LogP contribution in [0.25, 0.3) is 0 Å². The van der Waals surface area contributed by atoms with Crippen molar-refractivity contribution in [3.8, 4) is 0 Å². The summed E-state index contributed by atoms with van der Waals surface area (Å²) in [5, 5.41) is 0. The zero-order valence-corrected chi connectivity index (χ0v) is 12.5. The molecule has 2 aliphatic rings. The molecule has 1 heterocycles. The Bertz CT molecular complexity index is 662. The molecule has 0 saturated carbocycles. The van der Waals surface area contributed by atoms with Crippen molar-refractivity contribution in [2.45, 2.75) is 13.3 Å². The van der Waals surface area contributed by atoms with Gasteiger partial charge in [-0.05, 0) is 36.6 Å². The first-order valence-corrected chi connectivity index (χ1v) is 7.27. The fourth-order valence-corrected chi connectivity index (χ4v) is 3.27. The van der Waals surface area contributed by atoms with Gasteiger partial charge in [-0.2, -0.15) is 0 Å². The van der Waals surface area contributed by atoms with Crippen LogP contribution in [-0.4, -0.2) is 24.9 Å². The highest BCUT2D eigenvalue weighted by atomic mass is 16.5. The van der Waals surface area contributed by atoms with E-state index in [4.69, 9.17) is 0 Å². The number of allylic oxidation sites excluding steroid dienone is 2. The Morgan fingerprint density at radius 1 is 1.18 bits per heavy atom. The molecule has 1 aromatic rings. The smallest absolute Gasteiger partial charge is 0.337 e. The van der Waals surface area contributed by atoms with Gasteiger partial charge in [-0.15, -0.1) is 0 Å². The Kier molecular flexibility index (Phi) is 3.56. The number of methoxy groups -OCH3 is 1. The number of hydrogen-bond acceptors (Lipinski definition) is 4. The van der Waals surface area contributed by atoms with E-state index in [1.165, 1.54) is 12.0 Å². The number of esters is 1. The van der Waals surface area contributed by atoms with Crippen LogP contribution in [0, 0.1) is 17.8 Å². The number of imide groups is 1. The van der Waals surface area contributed by atoms with E-state index >= 15 is 0 Å². The molecule has 1 aromatic carbocycles. The molecule has 0 spiro atoms. The number of anilines is 1. The summed E-state index contributed by atoms with van der Waals surface area (Å²) < 4.78 is 4.64. The maximum Gasteiger partial charge on any atom is 0.337 e. The summed E-state index contributed by atoms with van der Waals surface area (Å²) in [6, 6.07) is 6.34. The van der Waals surface area contributed by atoms with E-state index in [-0.39, 0.29) is 29.6 Å². The van der Waals surface area contributed by atoms with Crippen molar-refractivity contribution in [3.63, 3.8) is 0 Å². The van der Waals surface area contributed by atoms with Gasteiger partial charge in [-0.1, -0.05) is 19.1 Å². The van der Waals surface area contributed by atoms with Gasteiger partial charge in [0.1, 0.15) is 0 Å². The van der Waals surface area contributed by atoms with E-state index in [9.17, 15) is 14.4 Å². The van der Waals surface area contributed by atoms with Gasteiger partial charge in [-0.3, -0.25) is 14.5 Å². The Morgan fingerprint density at radius 2 is 1.86 bits per heavy atom. The van der Waals surface area contributed by atoms with Crippen LogP contribution in [0.1, 0.15) is 23.7 Å². The van der Waals surface area contributed by atoms with Gasteiger partial charge in [0.15, 0.2) is 0 Å². The van der Waals surface area contributed by atoms with E-state index in [1.54, 1.807) is 24.3 Å². The predicted molar refractivity (Wildman–Crippen MR) is 80.2 cm³/mol. The number of hydrogen-bond donors (Lipinski definition) is 0. The standard InChI is InChI=1S/C17H17NO4/c1-10-4-3-5-13-14(10)16(20)18(15(13)19)12-8-6-11(7-9-12)17(21)22-2/h3-4,6-10,13-14H,5H2,1-2H3/t10-,13+,14-/m0/s1. The van der Waals surface area contributed by atoms with E-state index < -0.39 is 5.97 Å². The van der Waals surface area contributed by atoms with Gasteiger partial charge in [0, 0.05) is 0 Å². The summed E-state index contributed by atoms with van der Waals surface area (Å²) in [6.07, 6.45) is 4.58. The monoisotopic (exact) mass is 299 g/mol. The quantitative estimate of drug-likeness (QED) is 0.477. The number of carbonyl (C=O) groups excluding carboxylic acids is 3. The Morgan fingerprint density at radius 3 is 2.45 bits per heavy atom. The highest BCUT2D eigenvalue weighted by Crippen LogP contribution is 2.40. The molecule has 5 heteroatoms. The number of rotatable bonds is 2. The number of ether oxygens (including phenoxy) is 1. The summed E-state index contributed by atoms with van der Waals surface area (Å²) >= 11 is 0. The van der Waals surface area contributed by atoms with Crippen LogP contribution in [0.5, 0.6) is 0 Å². The first-order valence-electron chi connectivity index (χ1n) is 7.27. The fourth-order valence-electron chi connectivity index (χ4n) is 3.27. The Hall–Kier alpha value is -2.43. The molecule has 0 unspecified atom stereocenters. The third-order valence-corrected chi connectivity index (χ3v) is 4.42. The highest BCUT2D eigenvalue weighted by molar-refractivity contribution is 6.22. The maximum absolute atomic E-state index is 12.6. The Balaban J connectivity index is 1.91. The van der Waals surface area contributed by atoms with Crippen molar-refractivity contribution in [2.75, 3.05) is 12.0 Å². The normalized spacial score (nSPS) is 27.0. The van der Waals surface area contributed by atoms with E-state index in [2.05, 4.69) is 4.74 Å². The summed E-state index contributed by atoms with van der Waals surface area (Å²) in [6.45, 7) is 1.96. The third-order valence-electron chi connectivity index (χ3n) is 4.42. The number of amides is 2. The maximum atomic E-state index is 12.6. The van der Waals surface area contributed by atoms with Crippen LogP contribution < -0.4 is 4.90 Å². The number of carbonyl (C=O) groups is 3. The second-order valence-electron chi connectivity index (χ2n) is 5.71. The zero-order chi connectivity index (χ0) is 15.9.